The highest BCUT2D eigenvalue weighted by molar-refractivity contribution is 5.33. The van der Waals surface area contributed by atoms with Crippen LogP contribution < -0.4 is 23.7 Å². The minimum Gasteiger partial charge on any atom is -0.464 e. The van der Waals surface area contributed by atoms with Crippen molar-refractivity contribution in [2.75, 3.05) is 26.9 Å². The van der Waals surface area contributed by atoms with Gasteiger partial charge in [0.15, 0.2) is 0 Å². The first-order valence-corrected chi connectivity index (χ1v) is 44.3. The molecule has 10 unspecified atom stereocenters. The number of ether oxygens (including phenoxy) is 11. The Morgan fingerprint density at radius 1 is 0.336 bits per heavy atom. The van der Waals surface area contributed by atoms with E-state index in [-0.39, 0.29) is 75.6 Å². The molecular formula is C102H166O11. The molecule has 5 aromatic carbocycles. The lowest BCUT2D eigenvalue weighted by Crippen LogP contribution is -2.52. The number of rotatable bonds is 32. The van der Waals surface area contributed by atoms with E-state index in [4.69, 9.17) is 52.1 Å². The van der Waals surface area contributed by atoms with E-state index < -0.39 is 0 Å². The van der Waals surface area contributed by atoms with Crippen LogP contribution in [-0.2, 0) is 28.4 Å². The van der Waals surface area contributed by atoms with Crippen molar-refractivity contribution < 1.29 is 52.1 Å². The van der Waals surface area contributed by atoms with Gasteiger partial charge in [0.1, 0.15) is 28.7 Å². The fourth-order valence-electron chi connectivity index (χ4n) is 15.1. The average molecular weight is 1570 g/mol. The van der Waals surface area contributed by atoms with Crippen molar-refractivity contribution in [3.05, 3.63) is 149 Å². The van der Waals surface area contributed by atoms with Crippen LogP contribution in [0.25, 0.3) is 0 Å². The summed E-state index contributed by atoms with van der Waals surface area (Å²) in [4.78, 5) is 0. The monoisotopic (exact) mass is 1570 g/mol. The Balaban J connectivity index is 0.000000256. The van der Waals surface area contributed by atoms with Crippen LogP contribution in [0.2, 0.25) is 0 Å². The summed E-state index contributed by atoms with van der Waals surface area (Å²) in [5.74, 6) is 10.1. The van der Waals surface area contributed by atoms with Gasteiger partial charge < -0.3 is 52.1 Å². The average Bonchev–Trinajstić information content (AvgIpc) is 0.751. The van der Waals surface area contributed by atoms with Crippen molar-refractivity contribution in [1.29, 1.82) is 0 Å². The van der Waals surface area contributed by atoms with Crippen LogP contribution >= 0.6 is 0 Å². The molecule has 0 aromatic heterocycles. The molecule has 5 saturated carbocycles. The van der Waals surface area contributed by atoms with Crippen LogP contribution in [0, 0.1) is 50.2 Å². The van der Waals surface area contributed by atoms with Gasteiger partial charge in [-0.05, 0) is 239 Å². The van der Waals surface area contributed by atoms with E-state index in [1.54, 1.807) is 7.11 Å². The lowest BCUT2D eigenvalue weighted by molar-refractivity contribution is -0.191. The second-order valence-corrected chi connectivity index (χ2v) is 41.0. The Hall–Kier alpha value is -5.14. The maximum atomic E-state index is 6.53. The zero-order valence-corrected chi connectivity index (χ0v) is 77.6. The second kappa shape index (κ2) is 45.7. The number of hydrogen-bond donors (Lipinski definition) is 0. The Kier molecular flexibility index (Phi) is 39.8. The quantitative estimate of drug-likeness (QED) is 0.0304. The highest BCUT2D eigenvalue weighted by Crippen LogP contribution is 2.57. The van der Waals surface area contributed by atoms with Gasteiger partial charge in [-0.1, -0.05) is 274 Å². The summed E-state index contributed by atoms with van der Waals surface area (Å²) in [7, 11) is 1.68. The molecule has 11 heteroatoms. The number of hydrogen-bond acceptors (Lipinski definition) is 11. The minimum absolute atomic E-state index is 0.0349. The van der Waals surface area contributed by atoms with E-state index >= 15 is 0 Å². The molecule has 113 heavy (non-hydrogen) atoms. The molecule has 5 aliphatic carbocycles. The smallest absolute Gasteiger partial charge is 0.204 e. The molecule has 0 amide bonds. The van der Waals surface area contributed by atoms with E-state index in [0.29, 0.717) is 55.5 Å². The first-order chi connectivity index (χ1) is 52.8. The molecule has 0 heterocycles. The van der Waals surface area contributed by atoms with Gasteiger partial charge in [0, 0.05) is 34.2 Å². The van der Waals surface area contributed by atoms with E-state index in [1.807, 2.05) is 38.1 Å². The lowest BCUT2D eigenvalue weighted by atomic mass is 9.54. The molecule has 0 aliphatic heterocycles. The zero-order chi connectivity index (χ0) is 84.3. The van der Waals surface area contributed by atoms with E-state index in [1.165, 1.54) is 98.4 Å². The molecule has 0 saturated heterocycles. The molecule has 11 nitrogen and oxygen atoms in total. The van der Waals surface area contributed by atoms with Crippen molar-refractivity contribution in [2.45, 2.75) is 389 Å². The highest BCUT2D eigenvalue weighted by Gasteiger charge is 2.52. The largest absolute Gasteiger partial charge is 0.464 e. The third kappa shape index (κ3) is 34.8. The Morgan fingerprint density at radius 2 is 0.611 bits per heavy atom. The van der Waals surface area contributed by atoms with Gasteiger partial charge in [-0.25, -0.2) is 0 Å². The van der Waals surface area contributed by atoms with Gasteiger partial charge in [0.25, 0.3) is 0 Å². The third-order valence-electron chi connectivity index (χ3n) is 22.9. The minimum atomic E-state index is -0.285. The van der Waals surface area contributed by atoms with Gasteiger partial charge in [-0.15, -0.1) is 0 Å². The Labute approximate surface area is 692 Å². The van der Waals surface area contributed by atoms with Gasteiger partial charge >= 0.3 is 0 Å². The maximum Gasteiger partial charge on any atom is 0.204 e. The molecule has 5 aliphatic rings. The van der Waals surface area contributed by atoms with Crippen LogP contribution in [0.15, 0.2) is 121 Å². The molecule has 0 N–H and O–H groups in total. The molecular weight excluding hydrogens is 1400 g/mol. The maximum absolute atomic E-state index is 6.53. The van der Waals surface area contributed by atoms with Gasteiger partial charge in [-0.3, -0.25) is 0 Å². The predicted octanol–water partition coefficient (Wildman–Crippen LogP) is 29.2. The molecule has 0 radical (unpaired) electrons. The summed E-state index contributed by atoms with van der Waals surface area (Å²) in [6.45, 7) is 67.1. The van der Waals surface area contributed by atoms with Crippen LogP contribution in [-0.4, -0.2) is 76.2 Å². The van der Waals surface area contributed by atoms with Crippen molar-refractivity contribution >= 4 is 0 Å². The van der Waals surface area contributed by atoms with Crippen LogP contribution in [0.4, 0.5) is 0 Å². The van der Waals surface area contributed by atoms with E-state index in [9.17, 15) is 0 Å². The van der Waals surface area contributed by atoms with E-state index in [2.05, 4.69) is 291 Å². The number of methoxy groups -OCH3 is 1. The van der Waals surface area contributed by atoms with Gasteiger partial charge in [-0.2, -0.15) is 0 Å². The van der Waals surface area contributed by atoms with Crippen LogP contribution in [0.1, 0.15) is 368 Å². The summed E-state index contributed by atoms with van der Waals surface area (Å²) in [5, 5.41) is 0. The summed E-state index contributed by atoms with van der Waals surface area (Å²) < 4.78 is 67.0. The summed E-state index contributed by atoms with van der Waals surface area (Å²) in [6, 6.07) is 42.2. The Morgan fingerprint density at radius 3 is 0.876 bits per heavy atom. The summed E-state index contributed by atoms with van der Waals surface area (Å²) >= 11 is 0. The molecule has 4 bridgehead atoms. The fourth-order valence-corrected chi connectivity index (χ4v) is 15.1. The van der Waals surface area contributed by atoms with Crippen molar-refractivity contribution in [3.63, 3.8) is 0 Å². The lowest BCUT2D eigenvalue weighted by Gasteiger charge is -2.56. The molecule has 640 valence electrons. The molecule has 10 rings (SSSR count). The molecule has 0 spiro atoms. The van der Waals surface area contributed by atoms with Crippen LogP contribution in [0.5, 0.6) is 28.7 Å². The van der Waals surface area contributed by atoms with Gasteiger partial charge in [0.2, 0.25) is 31.5 Å². The molecule has 5 fully saturated rings. The third-order valence-corrected chi connectivity index (χ3v) is 22.9. The Bertz CT molecular complexity index is 3310. The van der Waals surface area contributed by atoms with Crippen molar-refractivity contribution in [2.24, 2.45) is 50.2 Å². The second-order valence-electron chi connectivity index (χ2n) is 41.0. The molecule has 10 atom stereocenters. The molecule has 5 aromatic rings. The highest BCUT2D eigenvalue weighted by atomic mass is 16.7. The first-order valence-electron chi connectivity index (χ1n) is 44.3. The van der Waals surface area contributed by atoms with E-state index in [0.717, 1.165) is 78.6 Å². The fraction of sp³-hybridized carbons (Fsp3) is 0.706. The first kappa shape index (κ1) is 98.4. The van der Waals surface area contributed by atoms with Gasteiger partial charge in [0.05, 0.1) is 37.6 Å². The summed E-state index contributed by atoms with van der Waals surface area (Å²) in [6.07, 6.45) is 19.5. The standard InChI is InChI=1S/C27H42O3.C21H34O2.C20H34O2.C18H30O2.C16H26O2/c1-6-19(2)23-7-9-24(10-8-23)30-25(26(3,4)5)28-11-12-29-27-16-20-13-21(17-27)15-22(14-20)18-27;1-6-16(2)17-12-14-19(15-13-17)23-20(21(3,4)5)22-18-10-8-7-9-11-18;1-9-15(2)16-10-12-17(13-11-16)22-18(20(6,7)8)21-14-19(3,4)5;1-8-14(4)15-9-11-16(12-10-15)20-17(18(5,6)7)19-13(2)3;1-7-12(2)13-8-10-14(11-9-13)18-15(17-6)16(3,4)5/h7-10,19-22,25H,6,11-18H2,1-5H3;12-16,18,20H,6-11H2,1-5H3;10-13,15,18H,9,14H2,1-8H3;9-14,17H,8H2,1-7H3;8-12,15H,7H2,1-6H3. The predicted molar refractivity (Wildman–Crippen MR) is 474 cm³/mol. The van der Waals surface area contributed by atoms with Crippen molar-refractivity contribution in [1.82, 2.24) is 0 Å². The SMILES string of the molecule is CCC(C)c1ccc(OC(OC(C)C)C(C)(C)C)cc1.CCC(C)c1ccc(OC(OC)C(C)(C)C)cc1.CCC(C)c1ccc(OC(OC2CCCCC2)C(C)(C)C)cc1.CCC(C)c1ccc(OC(OCC(C)(C)C)C(C)(C)C)cc1.CCC(C)c1ccc(OC(OCCOC23CC4CC(CC(C4)C2)C3)C(C)(C)C)cc1. The van der Waals surface area contributed by atoms with Crippen LogP contribution in [0.3, 0.4) is 0 Å². The summed E-state index contributed by atoms with van der Waals surface area (Å²) in [5.41, 5.74) is 6.80. The van der Waals surface area contributed by atoms with Crippen molar-refractivity contribution in [3.8, 4) is 28.7 Å². The zero-order valence-electron chi connectivity index (χ0n) is 77.6. The topological polar surface area (TPSA) is 102 Å². The number of benzene rings is 5. The normalized spacial score (nSPS) is 20.6.